The Balaban J connectivity index is 1.56. The average Bonchev–Trinajstić information content (AvgIpc) is 3.19. The first-order chi connectivity index (χ1) is 10.3. The summed E-state index contributed by atoms with van der Waals surface area (Å²) in [5.41, 5.74) is 5.87. The highest BCUT2D eigenvalue weighted by atomic mass is 32.1. The molecule has 1 aliphatic heterocycles. The lowest BCUT2D eigenvalue weighted by molar-refractivity contribution is 0.242. The van der Waals surface area contributed by atoms with Gasteiger partial charge in [0.25, 0.3) is 0 Å². The Morgan fingerprint density at radius 3 is 3.05 bits per heavy atom. The van der Waals surface area contributed by atoms with Crippen molar-refractivity contribution in [3.63, 3.8) is 0 Å². The topological polar surface area (TPSA) is 44.8 Å². The van der Waals surface area contributed by atoms with Crippen LogP contribution in [0.4, 0.5) is 0 Å². The number of hydrogen-bond acceptors (Lipinski definition) is 4. The van der Waals surface area contributed by atoms with E-state index in [1.165, 1.54) is 66.4 Å². The van der Waals surface area contributed by atoms with Gasteiger partial charge in [0.1, 0.15) is 5.82 Å². The molecule has 21 heavy (non-hydrogen) atoms. The maximum absolute atomic E-state index is 4.93. The molecule has 2 aromatic heterocycles. The highest BCUT2D eigenvalue weighted by Crippen LogP contribution is 2.34. The second-order valence-corrected chi connectivity index (χ2v) is 7.18. The molecular formula is C16H22N4S. The number of nitrogens with zero attached hydrogens (tertiary/aromatic N) is 3. The number of H-pyrrole nitrogens is 1. The largest absolute Gasteiger partial charge is 0.344 e. The van der Waals surface area contributed by atoms with Crippen LogP contribution in [-0.4, -0.2) is 26.4 Å². The predicted molar refractivity (Wildman–Crippen MR) is 84.5 cm³/mol. The number of nitrogens with one attached hydrogen (secondary N) is 1. The number of aromatic amines is 1. The van der Waals surface area contributed by atoms with Gasteiger partial charge in [0.05, 0.1) is 22.9 Å². The minimum absolute atomic E-state index is 0.470. The fraction of sp³-hybridized carbons (Fsp3) is 0.625. The van der Waals surface area contributed by atoms with Gasteiger partial charge in [-0.2, -0.15) is 0 Å². The van der Waals surface area contributed by atoms with E-state index in [-0.39, 0.29) is 0 Å². The third kappa shape index (κ3) is 2.53. The summed E-state index contributed by atoms with van der Waals surface area (Å²) in [6.45, 7) is 4.31. The van der Waals surface area contributed by atoms with Crippen LogP contribution in [0.1, 0.15) is 59.5 Å². The van der Waals surface area contributed by atoms with Gasteiger partial charge in [-0.25, -0.2) is 9.97 Å². The smallest absolute Gasteiger partial charge is 0.124 e. The molecule has 4 nitrogen and oxygen atoms in total. The number of likely N-dealkylation sites (tertiary alicyclic amines) is 1. The monoisotopic (exact) mass is 302 g/mol. The standard InChI is InChI=1S/C16H22N4S/c1-11-15(21-10-17-11)9-20-8-4-7-14(20)16-18-12-5-2-3-6-13(12)19-16/h10,14H,2-9H2,1H3,(H,18,19)/t14-/m1/s1. The van der Waals surface area contributed by atoms with Crippen LogP contribution in [0.5, 0.6) is 0 Å². The Kier molecular flexibility index (Phi) is 3.55. The molecule has 5 heteroatoms. The first-order valence-corrected chi connectivity index (χ1v) is 8.90. The summed E-state index contributed by atoms with van der Waals surface area (Å²) < 4.78 is 0. The summed E-state index contributed by atoms with van der Waals surface area (Å²) in [6.07, 6.45) is 7.45. The number of rotatable bonds is 3. The van der Waals surface area contributed by atoms with Crippen molar-refractivity contribution in [1.82, 2.24) is 19.9 Å². The minimum atomic E-state index is 0.470. The number of aromatic nitrogens is 3. The molecule has 2 aliphatic rings. The highest BCUT2D eigenvalue weighted by Gasteiger charge is 2.30. The lowest BCUT2D eigenvalue weighted by atomic mass is 10.0. The molecule has 1 saturated heterocycles. The van der Waals surface area contributed by atoms with Crippen LogP contribution in [0.25, 0.3) is 0 Å². The second-order valence-electron chi connectivity index (χ2n) is 6.24. The molecule has 2 aromatic rings. The zero-order valence-electron chi connectivity index (χ0n) is 12.6. The molecule has 112 valence electrons. The lowest BCUT2D eigenvalue weighted by Crippen LogP contribution is -2.23. The molecule has 1 N–H and O–H groups in total. The van der Waals surface area contributed by atoms with Gasteiger partial charge in [0.2, 0.25) is 0 Å². The average molecular weight is 302 g/mol. The van der Waals surface area contributed by atoms with E-state index in [4.69, 9.17) is 4.98 Å². The molecule has 0 aromatic carbocycles. The van der Waals surface area contributed by atoms with Crippen molar-refractivity contribution >= 4 is 11.3 Å². The summed E-state index contributed by atoms with van der Waals surface area (Å²) >= 11 is 1.78. The van der Waals surface area contributed by atoms with Crippen LogP contribution in [0.2, 0.25) is 0 Å². The summed E-state index contributed by atoms with van der Waals surface area (Å²) in [6, 6.07) is 0.470. The van der Waals surface area contributed by atoms with Crippen molar-refractivity contribution in [2.45, 2.75) is 58.0 Å². The molecule has 0 unspecified atom stereocenters. The number of fused-ring (bicyclic) bond motifs is 1. The molecule has 3 heterocycles. The summed E-state index contributed by atoms with van der Waals surface area (Å²) in [4.78, 5) is 16.9. The Bertz CT molecular complexity index is 607. The van der Waals surface area contributed by atoms with E-state index in [0.717, 1.165) is 13.0 Å². The SMILES string of the molecule is Cc1ncsc1CN1CCC[C@@H]1c1nc2c([nH]1)CCCC2. The Labute approximate surface area is 129 Å². The number of aryl methyl sites for hydroxylation is 3. The number of imidazole rings is 1. The van der Waals surface area contributed by atoms with E-state index in [2.05, 4.69) is 21.8 Å². The maximum atomic E-state index is 4.93. The van der Waals surface area contributed by atoms with Crippen molar-refractivity contribution in [2.75, 3.05) is 6.54 Å². The summed E-state index contributed by atoms with van der Waals surface area (Å²) in [7, 11) is 0. The Morgan fingerprint density at radius 1 is 1.33 bits per heavy atom. The normalized spacial score (nSPS) is 22.6. The molecule has 0 spiro atoms. The lowest BCUT2D eigenvalue weighted by Gasteiger charge is -2.22. The van der Waals surface area contributed by atoms with E-state index >= 15 is 0 Å². The molecule has 1 aliphatic carbocycles. The first-order valence-electron chi connectivity index (χ1n) is 8.02. The van der Waals surface area contributed by atoms with Gasteiger partial charge in [0.15, 0.2) is 0 Å². The van der Waals surface area contributed by atoms with E-state index in [0.29, 0.717) is 6.04 Å². The highest BCUT2D eigenvalue weighted by molar-refractivity contribution is 7.09. The van der Waals surface area contributed by atoms with Gasteiger partial charge in [-0.05, 0) is 52.0 Å². The van der Waals surface area contributed by atoms with Gasteiger partial charge in [-0.3, -0.25) is 4.90 Å². The van der Waals surface area contributed by atoms with Crippen molar-refractivity contribution in [1.29, 1.82) is 0 Å². The molecular weight excluding hydrogens is 280 g/mol. The predicted octanol–water partition coefficient (Wildman–Crippen LogP) is 3.39. The number of hydrogen-bond donors (Lipinski definition) is 1. The van der Waals surface area contributed by atoms with Crippen molar-refractivity contribution in [3.05, 3.63) is 33.3 Å². The van der Waals surface area contributed by atoms with E-state index in [9.17, 15) is 0 Å². The van der Waals surface area contributed by atoms with Gasteiger partial charge >= 0.3 is 0 Å². The molecule has 0 saturated carbocycles. The molecule has 1 fully saturated rings. The van der Waals surface area contributed by atoms with Crippen LogP contribution in [0, 0.1) is 6.92 Å². The van der Waals surface area contributed by atoms with Crippen LogP contribution >= 0.6 is 11.3 Å². The maximum Gasteiger partial charge on any atom is 0.124 e. The first kappa shape index (κ1) is 13.5. The fourth-order valence-corrected chi connectivity index (χ4v) is 4.42. The van der Waals surface area contributed by atoms with Crippen LogP contribution in [-0.2, 0) is 19.4 Å². The van der Waals surface area contributed by atoms with E-state index in [1.807, 2.05) is 5.51 Å². The summed E-state index contributed by atoms with van der Waals surface area (Å²) in [5, 5.41) is 0. The van der Waals surface area contributed by atoms with E-state index < -0.39 is 0 Å². The molecule has 1 atom stereocenters. The van der Waals surface area contributed by atoms with Crippen LogP contribution in [0.15, 0.2) is 5.51 Å². The fourth-order valence-electron chi connectivity index (χ4n) is 3.62. The van der Waals surface area contributed by atoms with Crippen molar-refractivity contribution in [3.8, 4) is 0 Å². The molecule has 0 amide bonds. The third-order valence-corrected chi connectivity index (χ3v) is 5.76. The molecule has 0 radical (unpaired) electrons. The molecule has 0 bridgehead atoms. The summed E-state index contributed by atoms with van der Waals surface area (Å²) in [5.74, 6) is 1.21. The molecule has 4 rings (SSSR count). The Morgan fingerprint density at radius 2 is 2.24 bits per heavy atom. The minimum Gasteiger partial charge on any atom is -0.344 e. The van der Waals surface area contributed by atoms with Gasteiger partial charge in [-0.1, -0.05) is 0 Å². The van der Waals surface area contributed by atoms with Gasteiger partial charge < -0.3 is 4.98 Å². The zero-order valence-corrected chi connectivity index (χ0v) is 13.4. The van der Waals surface area contributed by atoms with Gasteiger partial charge in [-0.15, -0.1) is 11.3 Å². The quantitative estimate of drug-likeness (QED) is 0.945. The van der Waals surface area contributed by atoms with Gasteiger partial charge in [0, 0.05) is 17.1 Å². The van der Waals surface area contributed by atoms with Crippen LogP contribution in [0.3, 0.4) is 0 Å². The van der Waals surface area contributed by atoms with Crippen molar-refractivity contribution in [2.24, 2.45) is 0 Å². The second kappa shape index (κ2) is 5.54. The Hall–Kier alpha value is -1.20. The number of thiazole rings is 1. The third-order valence-electron chi connectivity index (χ3n) is 4.84. The van der Waals surface area contributed by atoms with E-state index in [1.54, 1.807) is 11.3 Å². The van der Waals surface area contributed by atoms with Crippen molar-refractivity contribution < 1.29 is 0 Å². The zero-order chi connectivity index (χ0) is 14.2. The van der Waals surface area contributed by atoms with Crippen LogP contribution < -0.4 is 0 Å².